The summed E-state index contributed by atoms with van der Waals surface area (Å²) in [4.78, 5) is 12.2. The van der Waals surface area contributed by atoms with E-state index in [0.717, 1.165) is 18.4 Å². The van der Waals surface area contributed by atoms with Crippen LogP contribution in [0.25, 0.3) is 0 Å². The lowest BCUT2D eigenvalue weighted by Crippen LogP contribution is -2.44. The van der Waals surface area contributed by atoms with E-state index in [2.05, 4.69) is 21.4 Å². The van der Waals surface area contributed by atoms with Crippen LogP contribution in [0.1, 0.15) is 31.2 Å². The van der Waals surface area contributed by atoms with Gasteiger partial charge in [0.1, 0.15) is 6.04 Å². The summed E-state index contributed by atoms with van der Waals surface area (Å²) in [6.45, 7) is 0. The summed E-state index contributed by atoms with van der Waals surface area (Å²) in [6, 6.07) is 9.99. The molecule has 0 radical (unpaired) electrons. The van der Waals surface area contributed by atoms with Gasteiger partial charge in [-0.1, -0.05) is 43.2 Å². The molecule has 1 amide bonds. The van der Waals surface area contributed by atoms with Crippen molar-refractivity contribution in [2.45, 2.75) is 37.8 Å². The number of hydrogen-bond acceptors (Lipinski definition) is 4. The molecular formula is C15H20N4O. The van der Waals surface area contributed by atoms with Gasteiger partial charge in [0.15, 0.2) is 0 Å². The fourth-order valence-corrected chi connectivity index (χ4v) is 3.08. The molecule has 1 aliphatic carbocycles. The first-order valence-electron chi connectivity index (χ1n) is 7.23. The zero-order valence-electron chi connectivity index (χ0n) is 11.4. The Hall–Kier alpha value is -1.72. The zero-order valence-corrected chi connectivity index (χ0v) is 11.4. The quantitative estimate of drug-likeness (QED) is 0.571. The second-order valence-electron chi connectivity index (χ2n) is 5.47. The van der Waals surface area contributed by atoms with Gasteiger partial charge in [-0.05, 0) is 18.4 Å². The van der Waals surface area contributed by atoms with Crippen LogP contribution in [0.2, 0.25) is 0 Å². The van der Waals surface area contributed by atoms with Crippen LogP contribution in [0.3, 0.4) is 0 Å². The van der Waals surface area contributed by atoms with Crippen molar-refractivity contribution >= 4 is 12.1 Å². The van der Waals surface area contributed by atoms with Crippen molar-refractivity contribution in [3.8, 4) is 0 Å². The van der Waals surface area contributed by atoms with Crippen LogP contribution in [0.15, 0.2) is 35.4 Å². The normalized spacial score (nSPS) is 29.3. The lowest BCUT2D eigenvalue weighted by atomic mass is 9.81. The highest BCUT2D eigenvalue weighted by Gasteiger charge is 2.40. The van der Waals surface area contributed by atoms with E-state index in [1.807, 2.05) is 30.3 Å². The first-order valence-corrected chi connectivity index (χ1v) is 7.23. The molecule has 1 aliphatic heterocycles. The highest BCUT2D eigenvalue weighted by molar-refractivity contribution is 5.85. The second-order valence-corrected chi connectivity index (χ2v) is 5.47. The molecule has 1 saturated carbocycles. The van der Waals surface area contributed by atoms with E-state index in [1.165, 1.54) is 12.8 Å². The Balaban J connectivity index is 1.56. The van der Waals surface area contributed by atoms with Crippen molar-refractivity contribution in [1.82, 2.24) is 16.3 Å². The third-order valence-corrected chi connectivity index (χ3v) is 4.14. The Bertz CT molecular complexity index is 488. The fraction of sp³-hybridized carbons (Fsp3) is 0.467. The molecule has 1 aromatic carbocycles. The minimum Gasteiger partial charge on any atom is -0.271 e. The molecule has 106 valence electrons. The van der Waals surface area contributed by atoms with Crippen LogP contribution in [-0.2, 0) is 4.79 Å². The number of hydrazone groups is 1. The van der Waals surface area contributed by atoms with Crippen molar-refractivity contribution in [2.75, 3.05) is 0 Å². The minimum atomic E-state index is -0.173. The van der Waals surface area contributed by atoms with Crippen molar-refractivity contribution < 1.29 is 4.79 Å². The molecule has 5 nitrogen and oxygen atoms in total. The molecule has 3 N–H and O–H groups in total. The zero-order chi connectivity index (χ0) is 13.8. The van der Waals surface area contributed by atoms with E-state index < -0.39 is 0 Å². The number of carbonyl (C=O) groups is 1. The number of hydrazine groups is 1. The summed E-state index contributed by atoms with van der Waals surface area (Å²) in [6.07, 6.45) is 6.37. The van der Waals surface area contributed by atoms with Crippen LogP contribution in [0.4, 0.5) is 0 Å². The summed E-state index contributed by atoms with van der Waals surface area (Å²) >= 11 is 0. The number of amides is 1. The minimum absolute atomic E-state index is 0.0564. The molecule has 2 aliphatic rings. The molecule has 0 bridgehead atoms. The molecule has 5 heteroatoms. The number of hydrogen-bond donors (Lipinski definition) is 3. The maximum Gasteiger partial charge on any atom is 0.258 e. The third-order valence-electron chi connectivity index (χ3n) is 4.14. The molecule has 3 rings (SSSR count). The van der Waals surface area contributed by atoms with E-state index in [1.54, 1.807) is 6.21 Å². The molecular weight excluding hydrogens is 252 g/mol. The van der Waals surface area contributed by atoms with Crippen LogP contribution in [0.5, 0.6) is 0 Å². The van der Waals surface area contributed by atoms with E-state index in [4.69, 9.17) is 0 Å². The highest BCUT2D eigenvalue weighted by atomic mass is 16.2. The number of rotatable bonds is 3. The molecule has 3 atom stereocenters. The Morgan fingerprint density at radius 3 is 2.85 bits per heavy atom. The standard InChI is InChI=1S/C15H20N4O/c20-15(19-16-10-11-6-2-1-3-7-11)14-12-8-4-5-9-13(12)17-18-14/h1-3,6-7,10,12-14,17-18H,4-5,8-9H2,(H,19,20)/b16-10+. The van der Waals surface area contributed by atoms with Crippen LogP contribution < -0.4 is 16.3 Å². The Kier molecular flexibility index (Phi) is 4.08. The van der Waals surface area contributed by atoms with Gasteiger partial charge in [0, 0.05) is 12.0 Å². The van der Waals surface area contributed by atoms with Gasteiger partial charge in [0.25, 0.3) is 5.91 Å². The van der Waals surface area contributed by atoms with E-state index in [0.29, 0.717) is 12.0 Å². The van der Waals surface area contributed by atoms with Crippen molar-refractivity contribution in [3.05, 3.63) is 35.9 Å². The molecule has 0 spiro atoms. The van der Waals surface area contributed by atoms with Gasteiger partial charge >= 0.3 is 0 Å². The third kappa shape index (κ3) is 2.89. The molecule has 1 aromatic rings. The van der Waals surface area contributed by atoms with E-state index in [-0.39, 0.29) is 11.9 Å². The molecule has 20 heavy (non-hydrogen) atoms. The summed E-state index contributed by atoms with van der Waals surface area (Å²) in [5.41, 5.74) is 9.95. The highest BCUT2D eigenvalue weighted by Crippen LogP contribution is 2.29. The van der Waals surface area contributed by atoms with Gasteiger partial charge in [-0.15, -0.1) is 0 Å². The average Bonchev–Trinajstić information content (AvgIpc) is 2.92. The Morgan fingerprint density at radius 2 is 2.00 bits per heavy atom. The van der Waals surface area contributed by atoms with Gasteiger partial charge in [0.2, 0.25) is 0 Å². The molecule has 2 fully saturated rings. The van der Waals surface area contributed by atoms with Crippen molar-refractivity contribution in [1.29, 1.82) is 0 Å². The van der Waals surface area contributed by atoms with Gasteiger partial charge < -0.3 is 0 Å². The maximum atomic E-state index is 12.2. The van der Waals surface area contributed by atoms with Crippen LogP contribution in [0, 0.1) is 5.92 Å². The van der Waals surface area contributed by atoms with Crippen LogP contribution in [-0.4, -0.2) is 24.2 Å². The SMILES string of the molecule is O=C(N/N=C/c1ccccc1)C1NNC2CCCCC21. The number of carbonyl (C=O) groups excluding carboxylic acids is 1. The average molecular weight is 272 g/mol. The molecule has 3 unspecified atom stereocenters. The lowest BCUT2D eigenvalue weighted by molar-refractivity contribution is -0.123. The van der Waals surface area contributed by atoms with Gasteiger partial charge in [0.05, 0.1) is 6.21 Å². The maximum absolute atomic E-state index is 12.2. The summed E-state index contributed by atoms with van der Waals surface area (Å²) < 4.78 is 0. The van der Waals surface area contributed by atoms with Crippen molar-refractivity contribution in [2.24, 2.45) is 11.0 Å². The first kappa shape index (κ1) is 13.3. The Labute approximate surface area is 118 Å². The second kappa shape index (κ2) is 6.15. The number of nitrogens with one attached hydrogen (secondary N) is 3. The first-order chi connectivity index (χ1) is 9.84. The largest absolute Gasteiger partial charge is 0.271 e. The van der Waals surface area contributed by atoms with Gasteiger partial charge in [-0.25, -0.2) is 10.9 Å². The van der Waals surface area contributed by atoms with Gasteiger partial charge in [-0.2, -0.15) is 5.10 Å². The Morgan fingerprint density at radius 1 is 1.20 bits per heavy atom. The summed E-state index contributed by atoms with van der Waals surface area (Å²) in [5, 5.41) is 4.03. The molecule has 1 heterocycles. The number of fused-ring (bicyclic) bond motifs is 1. The molecule has 1 saturated heterocycles. The predicted molar refractivity (Wildman–Crippen MR) is 78.0 cm³/mol. The summed E-state index contributed by atoms with van der Waals surface area (Å²) in [5.74, 6) is 0.328. The van der Waals surface area contributed by atoms with E-state index in [9.17, 15) is 4.79 Å². The monoisotopic (exact) mass is 272 g/mol. The number of nitrogens with zero attached hydrogens (tertiary/aromatic N) is 1. The fourth-order valence-electron chi connectivity index (χ4n) is 3.08. The summed E-state index contributed by atoms with van der Waals surface area (Å²) in [7, 11) is 0. The number of benzene rings is 1. The van der Waals surface area contributed by atoms with E-state index >= 15 is 0 Å². The van der Waals surface area contributed by atoms with Gasteiger partial charge in [-0.3, -0.25) is 10.2 Å². The lowest BCUT2D eigenvalue weighted by Gasteiger charge is -2.26. The van der Waals surface area contributed by atoms with Crippen molar-refractivity contribution in [3.63, 3.8) is 0 Å². The van der Waals surface area contributed by atoms with Crippen LogP contribution >= 0.6 is 0 Å². The smallest absolute Gasteiger partial charge is 0.258 e. The predicted octanol–water partition coefficient (Wildman–Crippen LogP) is 1.17. The molecule has 0 aromatic heterocycles. The topological polar surface area (TPSA) is 65.5 Å².